The average Bonchev–Trinajstić information content (AvgIpc) is 2.81. The van der Waals surface area contributed by atoms with Crippen molar-refractivity contribution in [1.29, 1.82) is 0 Å². The van der Waals surface area contributed by atoms with E-state index >= 15 is 0 Å². The summed E-state index contributed by atoms with van der Waals surface area (Å²) >= 11 is 17.4. The fraction of sp³-hybridized carbons (Fsp3) is 0.0769. The molecule has 2 aromatic heterocycles. The fourth-order valence-electron chi connectivity index (χ4n) is 1.83. The number of nitrogens with zero attached hydrogens (tertiary/aromatic N) is 2. The summed E-state index contributed by atoms with van der Waals surface area (Å²) in [6.07, 6.45) is 0. The van der Waals surface area contributed by atoms with E-state index in [1.165, 1.54) is 0 Å². The van der Waals surface area contributed by atoms with E-state index in [-0.39, 0.29) is 0 Å². The highest BCUT2D eigenvalue weighted by molar-refractivity contribution is 9.11. The molecule has 0 fully saturated rings. The number of benzene rings is 1. The minimum Gasteiger partial charge on any atom is -0.228 e. The molecule has 6 heteroatoms. The molecule has 19 heavy (non-hydrogen) atoms. The summed E-state index contributed by atoms with van der Waals surface area (Å²) < 4.78 is 1.03. The third-order valence-corrected chi connectivity index (χ3v) is 5.04. The molecule has 0 aliphatic rings. The van der Waals surface area contributed by atoms with Gasteiger partial charge in [-0.25, -0.2) is 9.97 Å². The molecule has 0 bridgehead atoms. The largest absolute Gasteiger partial charge is 0.228 e. The first-order valence-electron chi connectivity index (χ1n) is 5.43. The number of thiophene rings is 1. The van der Waals surface area contributed by atoms with Crippen molar-refractivity contribution < 1.29 is 0 Å². The van der Waals surface area contributed by atoms with Crippen LogP contribution in [0, 0.1) is 6.92 Å². The number of hydrogen-bond donors (Lipinski definition) is 0. The summed E-state index contributed by atoms with van der Waals surface area (Å²) in [5.41, 5.74) is 2.66. The summed E-state index contributed by atoms with van der Waals surface area (Å²) in [5.74, 6) is 0.616. The van der Waals surface area contributed by atoms with Crippen LogP contribution >= 0.6 is 50.5 Å². The van der Waals surface area contributed by atoms with Crippen molar-refractivity contribution in [2.24, 2.45) is 0 Å². The average molecular weight is 374 g/mol. The Balaban J connectivity index is 2.31. The van der Waals surface area contributed by atoms with Gasteiger partial charge in [-0.15, -0.1) is 11.3 Å². The topological polar surface area (TPSA) is 25.8 Å². The van der Waals surface area contributed by atoms with Crippen LogP contribution in [0.25, 0.3) is 22.3 Å². The summed E-state index contributed by atoms with van der Waals surface area (Å²) in [7, 11) is 0. The number of hydrogen-bond acceptors (Lipinski definition) is 3. The van der Waals surface area contributed by atoms with E-state index in [2.05, 4.69) is 25.9 Å². The van der Waals surface area contributed by atoms with Crippen LogP contribution in [0.2, 0.25) is 10.2 Å². The summed E-state index contributed by atoms with van der Waals surface area (Å²) in [6.45, 7) is 1.93. The predicted octanol–water partition coefficient (Wildman–Crippen LogP) is 5.74. The van der Waals surface area contributed by atoms with Crippen molar-refractivity contribution in [3.05, 3.63) is 43.1 Å². The lowest BCUT2D eigenvalue weighted by atomic mass is 10.1. The Kier molecular flexibility index (Phi) is 3.52. The van der Waals surface area contributed by atoms with Gasteiger partial charge in [0, 0.05) is 21.4 Å². The zero-order valence-electron chi connectivity index (χ0n) is 9.75. The third-order valence-electron chi connectivity index (χ3n) is 2.83. The molecule has 0 aliphatic carbocycles. The molecule has 0 saturated heterocycles. The van der Waals surface area contributed by atoms with E-state index < -0.39 is 0 Å². The Morgan fingerprint density at radius 3 is 2.68 bits per heavy atom. The van der Waals surface area contributed by atoms with Crippen LogP contribution in [0.15, 0.2) is 27.4 Å². The highest BCUT2D eigenvalue weighted by atomic mass is 79.9. The standard InChI is InChI=1S/C13H7BrCl2N2S/c1-6-9(15)3-2-8-11(6)17-13(18-12(8)16)7-4-10(14)19-5-7/h2-5H,1H3. The SMILES string of the molecule is Cc1c(Cl)ccc2c(Cl)nc(-c3csc(Br)c3)nc12. The second kappa shape index (κ2) is 5.02. The lowest BCUT2D eigenvalue weighted by Crippen LogP contribution is -1.93. The van der Waals surface area contributed by atoms with Crippen LogP contribution in [-0.2, 0) is 0 Å². The highest BCUT2D eigenvalue weighted by Gasteiger charge is 2.12. The minimum absolute atomic E-state index is 0.446. The minimum atomic E-state index is 0.446. The number of aromatic nitrogens is 2. The molecular formula is C13H7BrCl2N2S. The Bertz CT molecular complexity index is 786. The van der Waals surface area contributed by atoms with E-state index in [0.717, 1.165) is 25.8 Å². The van der Waals surface area contributed by atoms with Crippen molar-refractivity contribution in [1.82, 2.24) is 9.97 Å². The van der Waals surface area contributed by atoms with Gasteiger partial charge in [0.1, 0.15) is 5.15 Å². The van der Waals surface area contributed by atoms with E-state index in [1.807, 2.05) is 30.5 Å². The van der Waals surface area contributed by atoms with Gasteiger partial charge in [0.05, 0.1) is 9.30 Å². The lowest BCUT2D eigenvalue weighted by molar-refractivity contribution is 1.22. The van der Waals surface area contributed by atoms with Crippen molar-refractivity contribution in [2.75, 3.05) is 0 Å². The summed E-state index contributed by atoms with van der Waals surface area (Å²) in [5, 5.41) is 3.94. The van der Waals surface area contributed by atoms with Crippen LogP contribution in [0.5, 0.6) is 0 Å². The zero-order valence-corrected chi connectivity index (χ0v) is 13.7. The molecule has 3 rings (SSSR count). The quantitative estimate of drug-likeness (QED) is 0.508. The molecule has 1 aromatic carbocycles. The first kappa shape index (κ1) is 13.3. The van der Waals surface area contributed by atoms with Crippen molar-refractivity contribution in [3.8, 4) is 11.4 Å². The monoisotopic (exact) mass is 372 g/mol. The van der Waals surface area contributed by atoms with Gasteiger partial charge < -0.3 is 0 Å². The Hall–Kier alpha value is -0.680. The number of rotatable bonds is 1. The second-order valence-corrected chi connectivity index (χ2v) is 7.10. The van der Waals surface area contributed by atoms with Crippen LogP contribution in [0.3, 0.4) is 0 Å². The van der Waals surface area contributed by atoms with Gasteiger partial charge in [-0.3, -0.25) is 0 Å². The number of halogens is 3. The van der Waals surface area contributed by atoms with Crippen molar-refractivity contribution in [3.63, 3.8) is 0 Å². The Labute approximate surface area is 132 Å². The maximum atomic E-state index is 6.24. The smallest absolute Gasteiger partial charge is 0.162 e. The lowest BCUT2D eigenvalue weighted by Gasteiger charge is -2.07. The first-order valence-corrected chi connectivity index (χ1v) is 7.86. The summed E-state index contributed by atoms with van der Waals surface area (Å²) in [4.78, 5) is 8.94. The van der Waals surface area contributed by atoms with Gasteiger partial charge in [-0.1, -0.05) is 23.2 Å². The van der Waals surface area contributed by atoms with Gasteiger partial charge in [0.2, 0.25) is 0 Å². The van der Waals surface area contributed by atoms with E-state index in [1.54, 1.807) is 11.3 Å². The van der Waals surface area contributed by atoms with Crippen molar-refractivity contribution >= 4 is 61.4 Å². The molecule has 2 nitrogen and oxygen atoms in total. The molecule has 0 saturated carbocycles. The van der Waals surface area contributed by atoms with Gasteiger partial charge in [0.15, 0.2) is 5.82 Å². The molecular weight excluding hydrogens is 367 g/mol. The Morgan fingerprint density at radius 1 is 1.21 bits per heavy atom. The molecule has 0 N–H and O–H groups in total. The fourth-order valence-corrected chi connectivity index (χ4v) is 3.35. The molecule has 0 amide bonds. The van der Waals surface area contributed by atoms with Crippen LogP contribution in [0.1, 0.15) is 5.56 Å². The molecule has 0 spiro atoms. The van der Waals surface area contributed by atoms with E-state index in [0.29, 0.717) is 16.0 Å². The summed E-state index contributed by atoms with van der Waals surface area (Å²) in [6, 6.07) is 5.64. The van der Waals surface area contributed by atoms with Crippen molar-refractivity contribution in [2.45, 2.75) is 6.92 Å². The first-order chi connectivity index (χ1) is 9.06. The number of aryl methyl sites for hydroxylation is 1. The number of fused-ring (bicyclic) bond motifs is 1. The van der Waals surface area contributed by atoms with Crippen LogP contribution in [0.4, 0.5) is 0 Å². The van der Waals surface area contributed by atoms with E-state index in [4.69, 9.17) is 23.2 Å². The van der Waals surface area contributed by atoms with Gasteiger partial charge in [-0.2, -0.15) is 0 Å². The highest BCUT2D eigenvalue weighted by Crippen LogP contribution is 2.32. The van der Waals surface area contributed by atoms with Gasteiger partial charge >= 0.3 is 0 Å². The van der Waals surface area contributed by atoms with Crippen LogP contribution in [-0.4, -0.2) is 9.97 Å². The van der Waals surface area contributed by atoms with Crippen LogP contribution < -0.4 is 0 Å². The Morgan fingerprint density at radius 2 is 2.00 bits per heavy atom. The molecule has 96 valence electrons. The third kappa shape index (κ3) is 2.38. The molecule has 2 heterocycles. The molecule has 0 radical (unpaired) electrons. The normalized spacial score (nSPS) is 11.2. The van der Waals surface area contributed by atoms with Gasteiger partial charge in [-0.05, 0) is 46.6 Å². The zero-order chi connectivity index (χ0) is 13.6. The molecule has 0 atom stereocenters. The molecule has 0 aliphatic heterocycles. The predicted molar refractivity (Wildman–Crippen MR) is 85.3 cm³/mol. The maximum absolute atomic E-state index is 6.24. The maximum Gasteiger partial charge on any atom is 0.162 e. The second-order valence-electron chi connectivity index (χ2n) is 4.05. The molecule has 0 unspecified atom stereocenters. The van der Waals surface area contributed by atoms with Gasteiger partial charge in [0.25, 0.3) is 0 Å². The van der Waals surface area contributed by atoms with E-state index in [9.17, 15) is 0 Å². The molecule has 3 aromatic rings.